The minimum atomic E-state index is -4.22. The first kappa shape index (κ1) is 46.7. The Hall–Kier alpha value is -5.24. The van der Waals surface area contributed by atoms with E-state index in [0.717, 1.165) is 27.3 Å². The van der Waals surface area contributed by atoms with E-state index < -0.39 is 30.0 Å². The van der Waals surface area contributed by atoms with Crippen molar-refractivity contribution in [2.45, 2.75) is 90.4 Å². The number of amides is 3. The molecule has 3 amide bonds. The van der Waals surface area contributed by atoms with Crippen LogP contribution in [0.2, 0.25) is 0 Å². The molecular formula is C47H51Cl2N4O10P. The number of nitrogens with zero attached hydrogens (tertiary/aromatic N) is 3. The number of halogens is 2. The molecule has 5 aromatic carbocycles. The summed E-state index contributed by atoms with van der Waals surface area (Å²) in [5.74, 6) is -0.0805. The molecule has 17 heteroatoms. The van der Waals surface area contributed by atoms with Crippen molar-refractivity contribution < 1.29 is 42.2 Å². The Labute approximate surface area is 381 Å². The van der Waals surface area contributed by atoms with E-state index in [9.17, 15) is 29.1 Å². The molecule has 0 spiro atoms. The number of phosphoric acid groups is 1. The number of alkyl halides is 2. The molecule has 1 N–H and O–H groups in total. The number of fused-ring (bicyclic) bond motifs is 6. The topological polar surface area (TPSA) is 167 Å². The van der Waals surface area contributed by atoms with Crippen LogP contribution in [0, 0.1) is 10.1 Å². The summed E-state index contributed by atoms with van der Waals surface area (Å²) in [6.07, 6.45) is -0.405. The average Bonchev–Trinajstić information content (AvgIpc) is 3.80. The van der Waals surface area contributed by atoms with Crippen molar-refractivity contribution in [3.63, 3.8) is 0 Å². The molecule has 0 radical (unpaired) electrons. The van der Waals surface area contributed by atoms with Gasteiger partial charge in [0.15, 0.2) is 0 Å². The lowest BCUT2D eigenvalue weighted by molar-refractivity contribution is -0.384. The third kappa shape index (κ3) is 10.3. The van der Waals surface area contributed by atoms with Gasteiger partial charge < -0.3 is 19.1 Å². The molecule has 0 saturated heterocycles. The van der Waals surface area contributed by atoms with Gasteiger partial charge in [0.05, 0.1) is 27.5 Å². The molecule has 0 fully saturated rings. The van der Waals surface area contributed by atoms with Crippen molar-refractivity contribution in [1.82, 2.24) is 0 Å². The lowest BCUT2D eigenvalue weighted by Crippen LogP contribution is -2.32. The van der Waals surface area contributed by atoms with Crippen molar-refractivity contribution in [1.29, 1.82) is 0 Å². The molecule has 5 aromatic rings. The van der Waals surface area contributed by atoms with Gasteiger partial charge in [-0.1, -0.05) is 48.5 Å². The molecule has 0 unspecified atom stereocenters. The van der Waals surface area contributed by atoms with E-state index in [2.05, 4.69) is 5.32 Å². The van der Waals surface area contributed by atoms with Crippen molar-refractivity contribution >= 4 is 93.2 Å². The number of hydrogen-bond acceptors (Lipinski definition) is 10. The highest BCUT2D eigenvalue weighted by atomic mass is 35.5. The number of nitrogens with one attached hydrogen (secondary N) is 1. The molecule has 0 bridgehead atoms. The molecule has 7 rings (SSSR count). The van der Waals surface area contributed by atoms with Gasteiger partial charge in [-0.3, -0.25) is 34.1 Å². The van der Waals surface area contributed by atoms with Gasteiger partial charge in [0.25, 0.3) is 5.69 Å². The van der Waals surface area contributed by atoms with Crippen LogP contribution in [0.1, 0.15) is 89.3 Å². The largest absolute Gasteiger partial charge is 0.531 e. The van der Waals surface area contributed by atoms with Crippen LogP contribution in [-0.2, 0) is 34.5 Å². The smallest absolute Gasteiger partial charge is 0.444 e. The van der Waals surface area contributed by atoms with Crippen LogP contribution in [-0.4, -0.2) is 58.9 Å². The van der Waals surface area contributed by atoms with E-state index in [0.29, 0.717) is 41.1 Å². The van der Waals surface area contributed by atoms with Crippen molar-refractivity contribution in [3.05, 3.63) is 112 Å². The number of rotatable bonds is 14. The Morgan fingerprint density at radius 3 is 1.73 bits per heavy atom. The Morgan fingerprint density at radius 2 is 1.23 bits per heavy atom. The van der Waals surface area contributed by atoms with Gasteiger partial charge in [-0.25, -0.2) is 9.36 Å². The quantitative estimate of drug-likeness (QED) is 0.0490. The van der Waals surface area contributed by atoms with Crippen LogP contribution in [0.25, 0.3) is 21.5 Å². The lowest BCUT2D eigenvalue weighted by Gasteiger charge is -2.31. The fourth-order valence-electron chi connectivity index (χ4n) is 8.28. The molecule has 0 aromatic heterocycles. The monoisotopic (exact) mass is 932 g/mol. The number of phosphoric ester groups is 1. The first-order chi connectivity index (χ1) is 30.3. The first-order valence-electron chi connectivity index (χ1n) is 21.0. The number of nitro benzene ring substituents is 1. The molecule has 0 aliphatic carbocycles. The Morgan fingerprint density at radius 1 is 0.750 bits per heavy atom. The zero-order chi connectivity index (χ0) is 46.1. The van der Waals surface area contributed by atoms with Crippen LogP contribution >= 0.6 is 31.0 Å². The first-order valence-corrected chi connectivity index (χ1v) is 23.5. The van der Waals surface area contributed by atoms with Crippen LogP contribution < -0.4 is 19.6 Å². The second kappa shape index (κ2) is 18.7. The van der Waals surface area contributed by atoms with Gasteiger partial charge in [-0.2, -0.15) is 0 Å². The zero-order valence-electron chi connectivity index (χ0n) is 36.5. The summed E-state index contributed by atoms with van der Waals surface area (Å²) in [5.41, 5.74) is 2.11. The molecule has 338 valence electrons. The van der Waals surface area contributed by atoms with Gasteiger partial charge in [-0.05, 0) is 93.6 Å². The van der Waals surface area contributed by atoms with E-state index in [1.54, 1.807) is 63.5 Å². The standard InChI is InChI=1S/C47H51Cl2N4O10P/c1-46(2,3)62-64(59,63-47(4,5)6)61-40-23-39-44(36-15-10-8-13-34(36)40)31(25-49)27-52(39)42(55)17-11-16-41(54)51-26-30(24-48)43-35-14-9-7-12-33(35)37(22-38(43)51)50-45(56)60-28-29-18-20-32(21-19-29)53(57)58/h7-10,12-15,18-23,30-31H,11,16-17,24-28H2,1-6H3,(H,50,56)/t30-,31-/m1/s1. The number of carbonyl (C=O) groups excluding carboxylic acids is 3. The van der Waals surface area contributed by atoms with Crippen LogP contribution in [0.3, 0.4) is 0 Å². The van der Waals surface area contributed by atoms with E-state index in [1.165, 1.54) is 24.3 Å². The number of non-ortho nitro benzene ring substituents is 1. The molecule has 2 heterocycles. The van der Waals surface area contributed by atoms with E-state index >= 15 is 0 Å². The molecule has 0 saturated carbocycles. The molecule has 2 aliphatic rings. The van der Waals surface area contributed by atoms with Gasteiger partial charge in [0.1, 0.15) is 12.4 Å². The highest BCUT2D eigenvalue weighted by molar-refractivity contribution is 7.49. The fraction of sp³-hybridized carbons (Fsp3) is 0.383. The van der Waals surface area contributed by atoms with Gasteiger partial charge in [0.2, 0.25) is 11.8 Å². The minimum Gasteiger partial charge on any atom is -0.444 e. The summed E-state index contributed by atoms with van der Waals surface area (Å²) in [7, 11) is -4.22. The molecule has 14 nitrogen and oxygen atoms in total. The lowest BCUT2D eigenvalue weighted by atomic mass is 9.95. The molecule has 2 aliphatic heterocycles. The number of ether oxygens (including phenoxy) is 1. The second-order valence-corrected chi connectivity index (χ2v) is 20.0. The van der Waals surface area contributed by atoms with E-state index in [4.69, 9.17) is 41.5 Å². The summed E-state index contributed by atoms with van der Waals surface area (Å²) >= 11 is 13.1. The van der Waals surface area contributed by atoms with Crippen molar-refractivity contribution in [2.75, 3.05) is 40.0 Å². The third-order valence-corrected chi connectivity index (χ3v) is 13.5. The Kier molecular flexibility index (Phi) is 13.7. The average molecular weight is 934 g/mol. The number of nitro groups is 1. The SMILES string of the molecule is CC(C)(C)OP(=O)(Oc1cc2c(c3ccccc13)[C@H](CCl)CN2C(=O)CCCC(=O)N1C[C@@H](CCl)c2c1cc(NC(=O)OCc1ccc([N+](=O)[O-])cc1)c1ccccc21)OC(C)(C)C. The summed E-state index contributed by atoms with van der Waals surface area (Å²) < 4.78 is 37.9. The number of carbonyl (C=O) groups is 3. The zero-order valence-corrected chi connectivity index (χ0v) is 38.9. The second-order valence-electron chi connectivity index (χ2n) is 17.9. The minimum absolute atomic E-state index is 0.0483. The van der Waals surface area contributed by atoms with Crippen molar-refractivity contribution in [2.24, 2.45) is 0 Å². The predicted molar refractivity (Wildman–Crippen MR) is 250 cm³/mol. The maximum atomic E-state index is 14.3. The van der Waals surface area contributed by atoms with Crippen molar-refractivity contribution in [3.8, 4) is 5.75 Å². The highest BCUT2D eigenvalue weighted by Gasteiger charge is 2.41. The number of anilines is 3. The maximum Gasteiger partial charge on any atom is 0.531 e. The summed E-state index contributed by atoms with van der Waals surface area (Å²) in [5, 5.41) is 16.9. The Balaban J connectivity index is 1.09. The molecule has 64 heavy (non-hydrogen) atoms. The normalized spacial score (nSPS) is 16.2. The third-order valence-electron chi connectivity index (χ3n) is 10.8. The number of hydrogen-bond donors (Lipinski definition) is 1. The Bertz CT molecular complexity index is 2650. The van der Waals surface area contributed by atoms with E-state index in [-0.39, 0.29) is 72.7 Å². The molecular weight excluding hydrogens is 882 g/mol. The van der Waals surface area contributed by atoms with Gasteiger partial charge in [0, 0.05) is 84.2 Å². The van der Waals surface area contributed by atoms with Crippen LogP contribution in [0.15, 0.2) is 84.9 Å². The van der Waals surface area contributed by atoms with Gasteiger partial charge >= 0.3 is 13.9 Å². The van der Waals surface area contributed by atoms with Gasteiger partial charge in [-0.15, -0.1) is 23.2 Å². The number of benzene rings is 5. The summed E-state index contributed by atoms with van der Waals surface area (Å²) in [6, 6.07) is 24.2. The van der Waals surface area contributed by atoms with E-state index in [1.807, 2.05) is 48.5 Å². The summed E-state index contributed by atoms with van der Waals surface area (Å²) in [6.45, 7) is 11.1. The fourth-order valence-corrected chi connectivity index (χ4v) is 10.6. The predicted octanol–water partition coefficient (Wildman–Crippen LogP) is 12.0. The highest BCUT2D eigenvalue weighted by Crippen LogP contribution is 2.57. The maximum absolute atomic E-state index is 14.3. The van der Waals surface area contributed by atoms with Crippen LogP contribution in [0.5, 0.6) is 5.75 Å². The molecule has 2 atom stereocenters. The van der Waals surface area contributed by atoms with Crippen LogP contribution in [0.4, 0.5) is 27.5 Å². The summed E-state index contributed by atoms with van der Waals surface area (Å²) in [4.78, 5) is 55.2.